The molecule has 96 valence electrons. The lowest BCUT2D eigenvalue weighted by Crippen LogP contribution is -2.38. The summed E-state index contributed by atoms with van der Waals surface area (Å²) in [4.78, 5) is 12.0. The van der Waals surface area contributed by atoms with E-state index >= 15 is 0 Å². The quantitative estimate of drug-likeness (QED) is 0.793. The Kier molecular flexibility index (Phi) is 4.28. The molecule has 0 bridgehead atoms. The first-order valence-corrected chi connectivity index (χ1v) is 5.90. The molecule has 1 aromatic heterocycles. The highest BCUT2D eigenvalue weighted by Crippen LogP contribution is 2.12. The van der Waals surface area contributed by atoms with Crippen LogP contribution in [0.3, 0.4) is 0 Å². The van der Waals surface area contributed by atoms with Gasteiger partial charge in [-0.25, -0.2) is 0 Å². The van der Waals surface area contributed by atoms with E-state index in [9.17, 15) is 4.79 Å². The Hall–Kier alpha value is -1.36. The largest absolute Gasteiger partial charge is 0.351 e. The van der Waals surface area contributed by atoms with Crippen LogP contribution in [-0.2, 0) is 13.5 Å². The average Bonchev–Trinajstić information content (AvgIpc) is 2.67. The lowest BCUT2D eigenvalue weighted by Gasteiger charge is -2.22. The van der Waals surface area contributed by atoms with Crippen LogP contribution in [0.15, 0.2) is 6.20 Å². The molecule has 0 saturated heterocycles. The summed E-state index contributed by atoms with van der Waals surface area (Å²) < 4.78 is 1.67. The first kappa shape index (κ1) is 13.7. The van der Waals surface area contributed by atoms with E-state index in [0.717, 1.165) is 12.1 Å². The zero-order valence-electron chi connectivity index (χ0n) is 11.1. The Morgan fingerprint density at radius 3 is 2.76 bits per heavy atom. The van der Waals surface area contributed by atoms with E-state index < -0.39 is 0 Å². The third-order valence-corrected chi connectivity index (χ3v) is 2.76. The van der Waals surface area contributed by atoms with Crippen molar-refractivity contribution in [3.8, 4) is 0 Å². The van der Waals surface area contributed by atoms with E-state index in [2.05, 4.69) is 10.4 Å². The molecule has 0 saturated carbocycles. The minimum Gasteiger partial charge on any atom is -0.351 e. The summed E-state index contributed by atoms with van der Waals surface area (Å²) in [6, 6.07) is 0. The van der Waals surface area contributed by atoms with Gasteiger partial charge in [0.2, 0.25) is 0 Å². The van der Waals surface area contributed by atoms with Crippen LogP contribution in [0, 0.1) is 5.41 Å². The molecule has 0 aliphatic rings. The van der Waals surface area contributed by atoms with Gasteiger partial charge in [-0.05, 0) is 18.4 Å². The Labute approximate surface area is 102 Å². The molecule has 0 radical (unpaired) electrons. The molecule has 1 amide bonds. The highest BCUT2D eigenvalue weighted by molar-refractivity contribution is 5.95. The molecule has 17 heavy (non-hydrogen) atoms. The third-order valence-electron chi connectivity index (χ3n) is 2.76. The maximum absolute atomic E-state index is 12.0. The minimum absolute atomic E-state index is 0.0727. The van der Waals surface area contributed by atoms with Crippen molar-refractivity contribution in [3.05, 3.63) is 17.5 Å². The van der Waals surface area contributed by atoms with E-state index in [0.29, 0.717) is 18.7 Å². The number of aryl methyl sites for hydroxylation is 2. The van der Waals surface area contributed by atoms with Crippen LogP contribution in [0.4, 0.5) is 0 Å². The molecule has 5 heteroatoms. The number of carbonyl (C=O) groups is 1. The van der Waals surface area contributed by atoms with Gasteiger partial charge in [-0.15, -0.1) is 0 Å². The fourth-order valence-electron chi connectivity index (χ4n) is 1.47. The predicted molar refractivity (Wildman–Crippen MR) is 67.8 cm³/mol. The lowest BCUT2D eigenvalue weighted by atomic mass is 9.94. The zero-order chi connectivity index (χ0) is 13.1. The summed E-state index contributed by atoms with van der Waals surface area (Å²) in [6.45, 7) is 7.15. The maximum Gasteiger partial charge on any atom is 0.254 e. The van der Waals surface area contributed by atoms with Gasteiger partial charge in [0.1, 0.15) is 0 Å². The van der Waals surface area contributed by atoms with E-state index in [1.54, 1.807) is 10.9 Å². The smallest absolute Gasteiger partial charge is 0.254 e. The molecule has 3 N–H and O–H groups in total. The van der Waals surface area contributed by atoms with Gasteiger partial charge in [-0.3, -0.25) is 9.48 Å². The SMILES string of the molecule is CCc1nn(C)cc1C(=O)NCC(C)(C)CN. The van der Waals surface area contributed by atoms with E-state index in [1.165, 1.54) is 0 Å². The molecule has 0 unspecified atom stereocenters. The first-order valence-electron chi connectivity index (χ1n) is 5.90. The van der Waals surface area contributed by atoms with Gasteiger partial charge in [-0.2, -0.15) is 5.10 Å². The van der Waals surface area contributed by atoms with Crippen LogP contribution < -0.4 is 11.1 Å². The zero-order valence-corrected chi connectivity index (χ0v) is 11.1. The summed E-state index contributed by atoms with van der Waals surface area (Å²) in [5, 5.41) is 7.15. The average molecular weight is 238 g/mol. The molecule has 5 nitrogen and oxygen atoms in total. The molecule has 0 atom stereocenters. The van der Waals surface area contributed by atoms with Crippen LogP contribution in [0.5, 0.6) is 0 Å². The number of nitrogens with two attached hydrogens (primary N) is 1. The number of carbonyl (C=O) groups excluding carboxylic acids is 1. The highest BCUT2D eigenvalue weighted by atomic mass is 16.1. The van der Waals surface area contributed by atoms with Crippen LogP contribution in [0.1, 0.15) is 36.8 Å². The van der Waals surface area contributed by atoms with Crippen molar-refractivity contribution in [1.29, 1.82) is 0 Å². The molecular formula is C12H22N4O. The summed E-state index contributed by atoms with van der Waals surface area (Å²) in [6.07, 6.45) is 2.51. The van der Waals surface area contributed by atoms with Crippen molar-refractivity contribution in [3.63, 3.8) is 0 Å². The Balaban J connectivity index is 2.70. The van der Waals surface area contributed by atoms with E-state index in [4.69, 9.17) is 5.73 Å². The molecule has 0 aliphatic heterocycles. The first-order chi connectivity index (χ1) is 7.89. The van der Waals surface area contributed by atoms with Crippen molar-refractivity contribution in [2.45, 2.75) is 27.2 Å². The predicted octanol–water partition coefficient (Wildman–Crippen LogP) is 0.697. The lowest BCUT2D eigenvalue weighted by molar-refractivity contribution is 0.0937. The Morgan fingerprint density at radius 2 is 2.24 bits per heavy atom. The Bertz CT molecular complexity index is 395. The number of hydrogen-bond acceptors (Lipinski definition) is 3. The van der Waals surface area contributed by atoms with Gasteiger partial charge < -0.3 is 11.1 Å². The van der Waals surface area contributed by atoms with Gasteiger partial charge in [0.25, 0.3) is 5.91 Å². The van der Waals surface area contributed by atoms with Crippen LogP contribution in [0.25, 0.3) is 0 Å². The van der Waals surface area contributed by atoms with Gasteiger partial charge >= 0.3 is 0 Å². The van der Waals surface area contributed by atoms with Crippen LogP contribution >= 0.6 is 0 Å². The Morgan fingerprint density at radius 1 is 1.59 bits per heavy atom. The summed E-state index contributed by atoms with van der Waals surface area (Å²) in [5.41, 5.74) is 7.03. The summed E-state index contributed by atoms with van der Waals surface area (Å²) in [5.74, 6) is -0.0727. The van der Waals surface area contributed by atoms with Crippen molar-refractivity contribution in [2.24, 2.45) is 18.2 Å². The number of amides is 1. The van der Waals surface area contributed by atoms with Gasteiger partial charge in [0.05, 0.1) is 11.3 Å². The molecular weight excluding hydrogens is 216 g/mol. The van der Waals surface area contributed by atoms with Crippen molar-refractivity contribution < 1.29 is 4.79 Å². The standard InChI is InChI=1S/C12H22N4O/c1-5-10-9(6-16(4)15-10)11(17)14-8-12(2,3)7-13/h6H,5,7-8,13H2,1-4H3,(H,14,17). The van der Waals surface area contributed by atoms with Gasteiger partial charge in [-0.1, -0.05) is 20.8 Å². The second kappa shape index (κ2) is 5.31. The van der Waals surface area contributed by atoms with E-state index in [1.807, 2.05) is 27.8 Å². The normalized spacial score (nSPS) is 11.6. The molecule has 0 spiro atoms. The molecule has 1 rings (SSSR count). The van der Waals surface area contributed by atoms with Crippen LogP contribution in [-0.4, -0.2) is 28.8 Å². The number of hydrogen-bond donors (Lipinski definition) is 2. The summed E-state index contributed by atoms with van der Waals surface area (Å²) in [7, 11) is 1.82. The van der Waals surface area contributed by atoms with E-state index in [-0.39, 0.29) is 11.3 Å². The molecule has 1 aromatic rings. The second-order valence-corrected chi connectivity index (χ2v) is 5.07. The monoisotopic (exact) mass is 238 g/mol. The minimum atomic E-state index is -0.0791. The van der Waals surface area contributed by atoms with Gasteiger partial charge in [0.15, 0.2) is 0 Å². The topological polar surface area (TPSA) is 72.9 Å². The van der Waals surface area contributed by atoms with Crippen molar-refractivity contribution >= 4 is 5.91 Å². The molecule has 0 aliphatic carbocycles. The molecule has 0 aromatic carbocycles. The van der Waals surface area contributed by atoms with Crippen LogP contribution in [0.2, 0.25) is 0 Å². The number of rotatable bonds is 5. The number of nitrogens with one attached hydrogen (secondary N) is 1. The molecule has 0 fully saturated rings. The van der Waals surface area contributed by atoms with Gasteiger partial charge in [0, 0.05) is 19.8 Å². The third kappa shape index (κ3) is 3.56. The second-order valence-electron chi connectivity index (χ2n) is 5.07. The fraction of sp³-hybridized carbons (Fsp3) is 0.667. The number of aromatic nitrogens is 2. The van der Waals surface area contributed by atoms with Crippen molar-refractivity contribution in [2.75, 3.05) is 13.1 Å². The fourth-order valence-corrected chi connectivity index (χ4v) is 1.47. The molecule has 1 heterocycles. The highest BCUT2D eigenvalue weighted by Gasteiger charge is 2.19. The van der Waals surface area contributed by atoms with Crippen molar-refractivity contribution in [1.82, 2.24) is 15.1 Å². The summed E-state index contributed by atoms with van der Waals surface area (Å²) >= 11 is 0. The maximum atomic E-state index is 12.0. The number of nitrogens with zero attached hydrogens (tertiary/aromatic N) is 2.